The van der Waals surface area contributed by atoms with E-state index in [0.29, 0.717) is 23.6 Å². The summed E-state index contributed by atoms with van der Waals surface area (Å²) in [7, 11) is 0. The van der Waals surface area contributed by atoms with Gasteiger partial charge in [-0.1, -0.05) is 36.9 Å². The minimum atomic E-state index is 0.0764. The molecule has 0 amide bonds. The fourth-order valence-corrected chi connectivity index (χ4v) is 2.61. The summed E-state index contributed by atoms with van der Waals surface area (Å²) in [6, 6.07) is 7.78. The van der Waals surface area contributed by atoms with Gasteiger partial charge in [0.1, 0.15) is 23.1 Å². The molecule has 0 atom stereocenters. The van der Waals surface area contributed by atoms with Crippen LogP contribution in [0.25, 0.3) is 0 Å². The van der Waals surface area contributed by atoms with Crippen LogP contribution in [0, 0.1) is 22.7 Å². The summed E-state index contributed by atoms with van der Waals surface area (Å²) >= 11 is 5.76. The predicted molar refractivity (Wildman–Crippen MR) is 84.3 cm³/mol. The van der Waals surface area contributed by atoms with E-state index >= 15 is 0 Å². The molecule has 1 aromatic rings. The molecule has 2 N–H and O–H groups in total. The Morgan fingerprint density at radius 3 is 2.55 bits per heavy atom. The van der Waals surface area contributed by atoms with Crippen LogP contribution in [0.4, 0.5) is 0 Å². The molecular formula is C16H18ClN5. The fourth-order valence-electron chi connectivity index (χ4n) is 2.50. The number of nitrogens with zero attached hydrogens (tertiary/aromatic N) is 3. The highest BCUT2D eigenvalue weighted by atomic mass is 35.5. The Bertz CT molecular complexity index is 587. The van der Waals surface area contributed by atoms with Gasteiger partial charge in [0, 0.05) is 18.8 Å². The van der Waals surface area contributed by atoms with Crippen LogP contribution in [-0.2, 0) is 6.54 Å². The third-order valence-electron chi connectivity index (χ3n) is 3.69. The minimum Gasteiger partial charge on any atom is -0.367 e. The van der Waals surface area contributed by atoms with Gasteiger partial charge in [-0.15, -0.1) is 0 Å². The quantitative estimate of drug-likeness (QED) is 0.644. The van der Waals surface area contributed by atoms with Gasteiger partial charge in [-0.25, -0.2) is 4.98 Å². The SMILES string of the molecule is N#CC(C#N)=C(NCc1ccc(Cl)nc1)NC1CCCCC1. The van der Waals surface area contributed by atoms with E-state index < -0.39 is 0 Å². The van der Waals surface area contributed by atoms with Crippen molar-refractivity contribution in [2.24, 2.45) is 0 Å². The first-order valence-corrected chi connectivity index (χ1v) is 7.76. The topological polar surface area (TPSA) is 84.5 Å². The second-order valence-corrected chi connectivity index (χ2v) is 5.68. The number of aromatic nitrogens is 1. The van der Waals surface area contributed by atoms with E-state index in [1.165, 1.54) is 19.3 Å². The summed E-state index contributed by atoms with van der Waals surface area (Å²) in [6.07, 6.45) is 7.42. The maximum atomic E-state index is 9.12. The zero-order chi connectivity index (χ0) is 15.8. The minimum absolute atomic E-state index is 0.0764. The molecule has 0 radical (unpaired) electrons. The van der Waals surface area contributed by atoms with Crippen LogP contribution in [0.1, 0.15) is 37.7 Å². The lowest BCUT2D eigenvalue weighted by Gasteiger charge is -2.25. The number of pyridine rings is 1. The lowest BCUT2D eigenvalue weighted by Crippen LogP contribution is -2.37. The first-order chi connectivity index (χ1) is 10.7. The molecule has 2 rings (SSSR count). The monoisotopic (exact) mass is 315 g/mol. The second-order valence-electron chi connectivity index (χ2n) is 5.30. The summed E-state index contributed by atoms with van der Waals surface area (Å²) in [5.74, 6) is 0.506. The normalized spacial score (nSPS) is 14.5. The second kappa shape index (κ2) is 8.26. The van der Waals surface area contributed by atoms with Crippen LogP contribution in [0.15, 0.2) is 29.7 Å². The van der Waals surface area contributed by atoms with E-state index in [0.717, 1.165) is 18.4 Å². The molecule has 6 heteroatoms. The zero-order valence-corrected chi connectivity index (χ0v) is 13.0. The molecule has 0 aliphatic heterocycles. The smallest absolute Gasteiger partial charge is 0.169 e. The Kier molecular flexibility index (Phi) is 6.06. The third-order valence-corrected chi connectivity index (χ3v) is 3.91. The number of nitriles is 2. The van der Waals surface area contributed by atoms with Crippen LogP contribution in [0.2, 0.25) is 5.15 Å². The Balaban J connectivity index is 2.05. The molecule has 0 spiro atoms. The number of rotatable bonds is 5. The van der Waals surface area contributed by atoms with Gasteiger partial charge in [0.2, 0.25) is 0 Å². The van der Waals surface area contributed by atoms with Gasteiger partial charge in [-0.05, 0) is 24.5 Å². The van der Waals surface area contributed by atoms with Crippen LogP contribution in [0.5, 0.6) is 0 Å². The summed E-state index contributed by atoms with van der Waals surface area (Å²) in [6.45, 7) is 0.478. The van der Waals surface area contributed by atoms with E-state index in [4.69, 9.17) is 22.1 Å². The van der Waals surface area contributed by atoms with Crippen molar-refractivity contribution in [2.75, 3.05) is 0 Å². The number of nitrogens with one attached hydrogen (secondary N) is 2. The third kappa shape index (κ3) is 4.65. The molecule has 1 aliphatic rings. The van der Waals surface area contributed by atoms with E-state index in [9.17, 15) is 0 Å². The molecule has 1 saturated carbocycles. The molecule has 1 aliphatic carbocycles. The average Bonchev–Trinajstić information content (AvgIpc) is 2.56. The molecule has 22 heavy (non-hydrogen) atoms. The van der Waals surface area contributed by atoms with Crippen LogP contribution < -0.4 is 10.6 Å². The highest BCUT2D eigenvalue weighted by molar-refractivity contribution is 6.29. The molecule has 0 aromatic carbocycles. The van der Waals surface area contributed by atoms with Gasteiger partial charge in [-0.2, -0.15) is 10.5 Å². The molecular weight excluding hydrogens is 298 g/mol. The van der Waals surface area contributed by atoms with Crippen molar-refractivity contribution < 1.29 is 0 Å². The lowest BCUT2D eigenvalue weighted by molar-refractivity contribution is 0.387. The van der Waals surface area contributed by atoms with Crippen molar-refractivity contribution in [1.29, 1.82) is 10.5 Å². The fraction of sp³-hybridized carbons (Fsp3) is 0.438. The largest absolute Gasteiger partial charge is 0.367 e. The van der Waals surface area contributed by atoms with Crippen molar-refractivity contribution >= 4 is 11.6 Å². The van der Waals surface area contributed by atoms with Crippen LogP contribution in [0.3, 0.4) is 0 Å². The Morgan fingerprint density at radius 1 is 1.23 bits per heavy atom. The Hall–Kier alpha value is -2.24. The van der Waals surface area contributed by atoms with Gasteiger partial charge < -0.3 is 10.6 Å². The highest BCUT2D eigenvalue weighted by Gasteiger charge is 2.16. The maximum Gasteiger partial charge on any atom is 0.169 e. The van der Waals surface area contributed by atoms with Crippen molar-refractivity contribution in [3.05, 3.63) is 40.4 Å². The van der Waals surface area contributed by atoms with Gasteiger partial charge >= 0.3 is 0 Å². The molecule has 0 unspecified atom stereocenters. The number of allylic oxidation sites excluding steroid dienone is 1. The van der Waals surface area contributed by atoms with Crippen LogP contribution >= 0.6 is 11.6 Å². The summed E-state index contributed by atoms with van der Waals surface area (Å²) in [5.41, 5.74) is 1.01. The van der Waals surface area contributed by atoms with E-state index in [1.807, 2.05) is 18.2 Å². The summed E-state index contributed by atoms with van der Waals surface area (Å²) in [4.78, 5) is 4.02. The van der Waals surface area contributed by atoms with Crippen molar-refractivity contribution in [3.8, 4) is 12.1 Å². The predicted octanol–water partition coefficient (Wildman–Crippen LogP) is 3.01. The molecule has 5 nitrogen and oxygen atoms in total. The molecule has 114 valence electrons. The lowest BCUT2D eigenvalue weighted by atomic mass is 9.95. The first-order valence-electron chi connectivity index (χ1n) is 7.38. The number of halogens is 1. The molecule has 1 aromatic heterocycles. The van der Waals surface area contributed by atoms with Crippen molar-refractivity contribution in [2.45, 2.75) is 44.7 Å². The summed E-state index contributed by atoms with van der Waals surface area (Å²) in [5, 5.41) is 25.1. The number of hydrogen-bond acceptors (Lipinski definition) is 5. The maximum absolute atomic E-state index is 9.12. The Labute approximate surface area is 135 Å². The van der Waals surface area contributed by atoms with Gasteiger partial charge in [0.15, 0.2) is 5.57 Å². The molecule has 0 bridgehead atoms. The molecule has 1 fully saturated rings. The Morgan fingerprint density at radius 2 is 1.95 bits per heavy atom. The zero-order valence-electron chi connectivity index (χ0n) is 12.3. The summed E-state index contributed by atoms with van der Waals surface area (Å²) < 4.78 is 0. The van der Waals surface area contributed by atoms with Gasteiger partial charge in [0.25, 0.3) is 0 Å². The van der Waals surface area contributed by atoms with E-state index in [1.54, 1.807) is 12.3 Å². The average molecular weight is 316 g/mol. The first kappa shape index (κ1) is 16.1. The highest BCUT2D eigenvalue weighted by Crippen LogP contribution is 2.18. The van der Waals surface area contributed by atoms with Gasteiger partial charge in [0.05, 0.1) is 0 Å². The van der Waals surface area contributed by atoms with Crippen LogP contribution in [-0.4, -0.2) is 11.0 Å². The van der Waals surface area contributed by atoms with Gasteiger partial charge in [-0.3, -0.25) is 0 Å². The van der Waals surface area contributed by atoms with Crippen molar-refractivity contribution in [3.63, 3.8) is 0 Å². The number of hydrogen-bond donors (Lipinski definition) is 2. The van der Waals surface area contributed by atoms with E-state index in [2.05, 4.69) is 15.6 Å². The molecule has 1 heterocycles. The standard InChI is InChI=1S/C16H18ClN5/c17-15-7-6-12(10-20-15)11-21-16(13(8-18)9-19)22-14-4-2-1-3-5-14/h6-7,10,14,21-22H,1-5,11H2. The molecule has 0 saturated heterocycles. The van der Waals surface area contributed by atoms with Crippen molar-refractivity contribution in [1.82, 2.24) is 15.6 Å². The van der Waals surface area contributed by atoms with E-state index in [-0.39, 0.29) is 5.57 Å².